The lowest BCUT2D eigenvalue weighted by Gasteiger charge is -2.33. The van der Waals surface area contributed by atoms with E-state index in [4.69, 9.17) is 4.74 Å². The van der Waals surface area contributed by atoms with Crippen molar-refractivity contribution < 1.29 is 14.3 Å². The minimum Gasteiger partial charge on any atom is -0.444 e. The van der Waals surface area contributed by atoms with Crippen LogP contribution in [0.1, 0.15) is 65.5 Å². The third kappa shape index (κ3) is 7.63. The monoisotopic (exact) mass is 423 g/mol. The Morgan fingerprint density at radius 3 is 2.45 bits per heavy atom. The molecule has 164 valence electrons. The Hall–Kier alpha value is -1.60. The highest BCUT2D eigenvalue weighted by Gasteiger charge is 2.28. The molecule has 1 saturated heterocycles. The fourth-order valence-electron chi connectivity index (χ4n) is 3.78. The van der Waals surface area contributed by atoms with E-state index in [1.165, 1.54) is 5.56 Å². The van der Waals surface area contributed by atoms with Gasteiger partial charge >= 0.3 is 6.09 Å². The Kier molecular flexibility index (Phi) is 8.96. The quantitative estimate of drug-likeness (QED) is 0.678. The van der Waals surface area contributed by atoms with Crippen LogP contribution >= 0.6 is 11.3 Å². The molecule has 1 aromatic heterocycles. The van der Waals surface area contributed by atoms with Crippen LogP contribution in [-0.4, -0.2) is 60.1 Å². The molecule has 0 radical (unpaired) electrons. The average molecular weight is 424 g/mol. The molecule has 29 heavy (non-hydrogen) atoms. The van der Waals surface area contributed by atoms with Crippen molar-refractivity contribution in [2.75, 3.05) is 32.7 Å². The molecular formula is C22H37N3O3S. The molecule has 0 spiro atoms. The Bertz CT molecular complexity index is 630. The van der Waals surface area contributed by atoms with E-state index in [0.717, 1.165) is 25.9 Å². The van der Waals surface area contributed by atoms with Crippen molar-refractivity contribution in [1.82, 2.24) is 15.1 Å². The molecular weight excluding hydrogens is 386 g/mol. The molecule has 7 heteroatoms. The second kappa shape index (κ2) is 11.0. The lowest BCUT2D eigenvalue weighted by atomic mass is 9.93. The summed E-state index contributed by atoms with van der Waals surface area (Å²) < 4.78 is 5.44. The zero-order valence-electron chi connectivity index (χ0n) is 18.6. The molecule has 2 rings (SSSR count). The summed E-state index contributed by atoms with van der Waals surface area (Å²) in [5.41, 5.74) is 0.794. The number of thiophene rings is 1. The van der Waals surface area contributed by atoms with Gasteiger partial charge < -0.3 is 15.0 Å². The molecule has 1 aliphatic rings. The normalized spacial score (nSPS) is 16.7. The summed E-state index contributed by atoms with van der Waals surface area (Å²) in [4.78, 5) is 28.9. The smallest absolute Gasteiger partial charge is 0.410 e. The maximum atomic E-state index is 12.6. The van der Waals surface area contributed by atoms with Crippen LogP contribution in [-0.2, 0) is 9.53 Å². The molecule has 1 atom stereocenters. The van der Waals surface area contributed by atoms with Crippen molar-refractivity contribution >= 4 is 23.3 Å². The van der Waals surface area contributed by atoms with Gasteiger partial charge in [-0.05, 0) is 75.0 Å². The summed E-state index contributed by atoms with van der Waals surface area (Å²) in [6.45, 7) is 13.8. The standard InChI is InChI=1S/C22H37N3O3S/c1-6-24(7-2)19(18-10-13-29-16-18)15-23-20(26)14-17-8-11-25(12-9-17)21(27)28-22(3,4)5/h10,13,16-17,19H,6-9,11-12,14-15H2,1-5H3,(H,23,26). The van der Waals surface area contributed by atoms with Gasteiger partial charge in [-0.2, -0.15) is 11.3 Å². The fraction of sp³-hybridized carbons (Fsp3) is 0.727. The number of hydrogen-bond donors (Lipinski definition) is 1. The number of likely N-dealkylation sites (N-methyl/N-ethyl adjacent to an activating group) is 1. The second-order valence-electron chi connectivity index (χ2n) is 8.71. The van der Waals surface area contributed by atoms with Gasteiger partial charge in [0, 0.05) is 26.1 Å². The van der Waals surface area contributed by atoms with E-state index in [1.54, 1.807) is 16.2 Å². The molecule has 6 nitrogen and oxygen atoms in total. The first-order valence-corrected chi connectivity index (χ1v) is 11.7. The molecule has 1 unspecified atom stereocenters. The van der Waals surface area contributed by atoms with Gasteiger partial charge in [-0.25, -0.2) is 4.79 Å². The van der Waals surface area contributed by atoms with Crippen molar-refractivity contribution in [2.24, 2.45) is 5.92 Å². The number of nitrogens with zero attached hydrogens (tertiary/aromatic N) is 2. The molecule has 1 N–H and O–H groups in total. The number of carbonyl (C=O) groups excluding carboxylic acids is 2. The van der Waals surface area contributed by atoms with E-state index >= 15 is 0 Å². The second-order valence-corrected chi connectivity index (χ2v) is 9.49. The SMILES string of the molecule is CCN(CC)C(CNC(=O)CC1CCN(C(=O)OC(C)(C)C)CC1)c1ccsc1. The molecule has 1 fully saturated rings. The predicted octanol–water partition coefficient (Wildman–Crippen LogP) is 4.28. The molecule has 0 aromatic carbocycles. The van der Waals surface area contributed by atoms with Crippen molar-refractivity contribution in [3.8, 4) is 0 Å². The van der Waals surface area contributed by atoms with Crippen molar-refractivity contribution in [2.45, 2.75) is 65.5 Å². The third-order valence-corrected chi connectivity index (χ3v) is 6.12. The Morgan fingerprint density at radius 1 is 1.28 bits per heavy atom. The molecule has 0 bridgehead atoms. The van der Waals surface area contributed by atoms with Crippen molar-refractivity contribution in [3.63, 3.8) is 0 Å². The lowest BCUT2D eigenvalue weighted by molar-refractivity contribution is -0.122. The van der Waals surface area contributed by atoms with Crippen LogP contribution in [0.3, 0.4) is 0 Å². The van der Waals surface area contributed by atoms with Crippen LogP contribution in [0.5, 0.6) is 0 Å². The molecule has 0 saturated carbocycles. The van der Waals surface area contributed by atoms with E-state index in [9.17, 15) is 9.59 Å². The highest BCUT2D eigenvalue weighted by molar-refractivity contribution is 7.07. The number of hydrogen-bond acceptors (Lipinski definition) is 5. The summed E-state index contributed by atoms with van der Waals surface area (Å²) in [6, 6.07) is 2.36. The van der Waals surface area contributed by atoms with E-state index in [-0.39, 0.29) is 18.0 Å². The van der Waals surface area contributed by atoms with E-state index in [0.29, 0.717) is 32.0 Å². The first kappa shape index (κ1) is 23.7. The zero-order valence-corrected chi connectivity index (χ0v) is 19.4. The van der Waals surface area contributed by atoms with Crippen LogP contribution < -0.4 is 5.32 Å². The maximum Gasteiger partial charge on any atom is 0.410 e. The summed E-state index contributed by atoms with van der Waals surface area (Å²) in [7, 11) is 0. The minimum atomic E-state index is -0.475. The van der Waals surface area contributed by atoms with E-state index in [1.807, 2.05) is 20.8 Å². The molecule has 1 aromatic rings. The van der Waals surface area contributed by atoms with Gasteiger partial charge in [-0.15, -0.1) is 0 Å². The Balaban J connectivity index is 1.78. The Labute approximate surface area is 179 Å². The zero-order chi connectivity index (χ0) is 21.4. The number of ether oxygens (including phenoxy) is 1. The predicted molar refractivity (Wildman–Crippen MR) is 118 cm³/mol. The third-order valence-electron chi connectivity index (χ3n) is 5.41. The summed E-state index contributed by atoms with van der Waals surface area (Å²) in [6.07, 6.45) is 1.96. The van der Waals surface area contributed by atoms with Crippen LogP contribution in [0.25, 0.3) is 0 Å². The largest absolute Gasteiger partial charge is 0.444 e. The van der Waals surface area contributed by atoms with Crippen LogP contribution in [0.15, 0.2) is 16.8 Å². The number of piperidine rings is 1. The summed E-state index contributed by atoms with van der Waals surface area (Å²) in [5, 5.41) is 7.41. The minimum absolute atomic E-state index is 0.105. The molecule has 2 amide bonds. The van der Waals surface area contributed by atoms with E-state index < -0.39 is 5.60 Å². The number of likely N-dealkylation sites (tertiary alicyclic amines) is 1. The fourth-order valence-corrected chi connectivity index (χ4v) is 4.48. The number of carbonyl (C=O) groups is 2. The average Bonchev–Trinajstić information content (AvgIpc) is 3.18. The summed E-state index contributed by atoms with van der Waals surface area (Å²) >= 11 is 1.69. The maximum absolute atomic E-state index is 12.6. The Morgan fingerprint density at radius 2 is 1.93 bits per heavy atom. The van der Waals surface area contributed by atoms with Crippen LogP contribution in [0.2, 0.25) is 0 Å². The van der Waals surface area contributed by atoms with Gasteiger partial charge in [0.05, 0.1) is 6.04 Å². The first-order chi connectivity index (χ1) is 13.7. The first-order valence-electron chi connectivity index (χ1n) is 10.7. The van der Waals surface area contributed by atoms with Gasteiger partial charge in [-0.1, -0.05) is 13.8 Å². The van der Waals surface area contributed by atoms with E-state index in [2.05, 4.69) is 40.9 Å². The highest BCUT2D eigenvalue weighted by atomic mass is 32.1. The van der Waals surface area contributed by atoms with Gasteiger partial charge in [0.25, 0.3) is 0 Å². The number of amides is 2. The van der Waals surface area contributed by atoms with Gasteiger partial charge in [0.2, 0.25) is 5.91 Å². The highest BCUT2D eigenvalue weighted by Crippen LogP contribution is 2.24. The molecule has 2 heterocycles. The van der Waals surface area contributed by atoms with Crippen molar-refractivity contribution in [1.29, 1.82) is 0 Å². The molecule has 1 aliphatic heterocycles. The topological polar surface area (TPSA) is 61.9 Å². The van der Waals surface area contributed by atoms with Gasteiger partial charge in [-0.3, -0.25) is 9.69 Å². The number of nitrogens with one attached hydrogen (secondary N) is 1. The van der Waals surface area contributed by atoms with Gasteiger partial charge in [0.1, 0.15) is 5.60 Å². The summed E-state index contributed by atoms with van der Waals surface area (Å²) in [5.74, 6) is 0.426. The van der Waals surface area contributed by atoms with Crippen LogP contribution in [0, 0.1) is 5.92 Å². The van der Waals surface area contributed by atoms with Crippen molar-refractivity contribution in [3.05, 3.63) is 22.4 Å². The van der Waals surface area contributed by atoms with Crippen LogP contribution in [0.4, 0.5) is 4.79 Å². The molecule has 0 aliphatic carbocycles. The number of rotatable bonds is 8. The van der Waals surface area contributed by atoms with Gasteiger partial charge in [0.15, 0.2) is 0 Å². The lowest BCUT2D eigenvalue weighted by Crippen LogP contribution is -2.43.